The normalized spacial score (nSPS) is 11.4. The molecule has 0 bridgehead atoms. The van der Waals surface area contributed by atoms with Gasteiger partial charge in [0.2, 0.25) is 0 Å². The molecule has 0 atom stereocenters. The van der Waals surface area contributed by atoms with Gasteiger partial charge < -0.3 is 4.74 Å². The molecule has 0 saturated heterocycles. The quantitative estimate of drug-likeness (QED) is 0.358. The summed E-state index contributed by atoms with van der Waals surface area (Å²) >= 11 is 0. The fourth-order valence-corrected chi connectivity index (χ4v) is 5.02. The Kier molecular flexibility index (Phi) is 6.80. The molecule has 0 spiro atoms. The van der Waals surface area contributed by atoms with Crippen LogP contribution in [-0.2, 0) is 21.3 Å². The van der Waals surface area contributed by atoms with Crippen LogP contribution in [0.25, 0.3) is 22.4 Å². The number of halogens is 3. The summed E-state index contributed by atoms with van der Waals surface area (Å²) < 4.78 is 78.0. The summed E-state index contributed by atoms with van der Waals surface area (Å²) in [5.74, 6) is -3.63. The van der Waals surface area contributed by atoms with Crippen molar-refractivity contribution in [1.29, 1.82) is 0 Å². The predicted molar refractivity (Wildman–Crippen MR) is 125 cm³/mol. The van der Waals surface area contributed by atoms with Crippen molar-refractivity contribution in [3.05, 3.63) is 84.6 Å². The topological polar surface area (TPSA) is 94.4 Å². The number of benzene rings is 2. The first-order valence-electron chi connectivity index (χ1n) is 10.5. The Bertz CT molecular complexity index is 1540. The van der Waals surface area contributed by atoms with Gasteiger partial charge in [-0.15, -0.1) is 0 Å². The highest BCUT2D eigenvalue weighted by atomic mass is 32.2. The van der Waals surface area contributed by atoms with Gasteiger partial charge in [0.1, 0.15) is 27.9 Å². The molecule has 4 rings (SSSR count). The fourth-order valence-electron chi connectivity index (χ4n) is 3.59. The van der Waals surface area contributed by atoms with Crippen molar-refractivity contribution in [3.8, 4) is 22.4 Å². The molecule has 2 heterocycles. The molecule has 8 nitrogen and oxygen atoms in total. The van der Waals surface area contributed by atoms with Crippen LogP contribution in [0.5, 0.6) is 0 Å². The number of rotatable bonds is 6. The van der Waals surface area contributed by atoms with Crippen LogP contribution in [0.2, 0.25) is 0 Å². The predicted octanol–water partition coefficient (Wildman–Crippen LogP) is 5.01. The monoisotopic (exact) mass is 516 g/mol. The minimum atomic E-state index is -5.00. The number of carbonyl (C=O) groups excluding carboxylic acids is 1. The van der Waals surface area contributed by atoms with Crippen LogP contribution < -0.4 is 4.31 Å². The average molecular weight is 517 g/mol. The lowest BCUT2D eigenvalue weighted by molar-refractivity contribution is 0.183. The summed E-state index contributed by atoms with van der Waals surface area (Å²) in [6.45, 7) is 2.15. The van der Waals surface area contributed by atoms with Crippen LogP contribution >= 0.6 is 0 Å². The van der Waals surface area contributed by atoms with Crippen molar-refractivity contribution in [2.75, 3.05) is 11.4 Å². The smallest absolute Gasteiger partial charge is 0.428 e. The minimum absolute atomic E-state index is 0.0490. The number of aryl methyl sites for hydroxylation is 1. The van der Waals surface area contributed by atoms with E-state index in [1.807, 2.05) is 0 Å². The van der Waals surface area contributed by atoms with E-state index in [1.165, 1.54) is 29.2 Å². The number of carbonyl (C=O) groups is 1. The lowest BCUT2D eigenvalue weighted by atomic mass is 10.0. The number of hydrogen-bond acceptors (Lipinski definition) is 6. The molecule has 0 fully saturated rings. The molecule has 0 unspecified atom stereocenters. The third kappa shape index (κ3) is 4.31. The van der Waals surface area contributed by atoms with Crippen molar-refractivity contribution < 1.29 is 31.1 Å². The van der Waals surface area contributed by atoms with Gasteiger partial charge in [-0.2, -0.15) is 9.40 Å². The molecule has 0 radical (unpaired) electrons. The number of nitrogens with zero attached hydrogens (tertiary/aromatic N) is 4. The van der Waals surface area contributed by atoms with Crippen molar-refractivity contribution in [2.24, 2.45) is 0 Å². The van der Waals surface area contributed by atoms with E-state index in [2.05, 4.69) is 14.8 Å². The first-order chi connectivity index (χ1) is 17.2. The van der Waals surface area contributed by atoms with Crippen LogP contribution in [-0.4, -0.2) is 36.4 Å². The minimum Gasteiger partial charge on any atom is -0.452 e. The molecule has 0 saturated carbocycles. The molecule has 2 aromatic heterocycles. The van der Waals surface area contributed by atoms with E-state index < -0.39 is 49.7 Å². The highest BCUT2D eigenvalue weighted by molar-refractivity contribution is 7.93. The van der Waals surface area contributed by atoms with E-state index in [4.69, 9.17) is 0 Å². The first kappa shape index (κ1) is 24.9. The maximum atomic E-state index is 16.0. The van der Waals surface area contributed by atoms with Gasteiger partial charge >= 0.3 is 6.09 Å². The standard InChI is InChI=1S/C24H19F3N4O4S/c1-3-30-14-16(15-10-12-28-13-11-15)23(29-30)21-18(26)8-9-19(22(21)27)31(24(32)35-2)36(33,34)20-7-5-4-6-17(20)25/h4-14H,3H2,1-2H3. The molecule has 0 aliphatic rings. The number of amides is 1. The summed E-state index contributed by atoms with van der Waals surface area (Å²) in [4.78, 5) is 15.6. The molecule has 0 aliphatic carbocycles. The maximum absolute atomic E-state index is 16.0. The van der Waals surface area contributed by atoms with Crippen molar-refractivity contribution >= 4 is 21.8 Å². The zero-order valence-corrected chi connectivity index (χ0v) is 19.8. The van der Waals surface area contributed by atoms with Gasteiger partial charge in [0.15, 0.2) is 5.82 Å². The van der Waals surface area contributed by atoms with Gasteiger partial charge in [-0.1, -0.05) is 12.1 Å². The van der Waals surface area contributed by atoms with E-state index in [0.717, 1.165) is 31.4 Å². The Labute approximate surface area is 204 Å². The lowest BCUT2D eigenvalue weighted by Gasteiger charge is -2.22. The fraction of sp³-hybridized carbons (Fsp3) is 0.125. The highest BCUT2D eigenvalue weighted by Gasteiger charge is 2.37. The maximum Gasteiger partial charge on any atom is 0.428 e. The van der Waals surface area contributed by atoms with E-state index >= 15 is 8.78 Å². The van der Waals surface area contributed by atoms with Crippen LogP contribution in [0.4, 0.5) is 23.7 Å². The lowest BCUT2D eigenvalue weighted by Crippen LogP contribution is -2.38. The van der Waals surface area contributed by atoms with Crippen molar-refractivity contribution in [1.82, 2.24) is 14.8 Å². The summed E-state index contributed by atoms with van der Waals surface area (Å²) in [5.41, 5.74) is -0.783. The Morgan fingerprint density at radius 3 is 2.36 bits per heavy atom. The highest BCUT2D eigenvalue weighted by Crippen LogP contribution is 2.39. The second-order valence-electron chi connectivity index (χ2n) is 7.41. The van der Waals surface area contributed by atoms with E-state index in [-0.39, 0.29) is 10.00 Å². The van der Waals surface area contributed by atoms with Gasteiger partial charge in [0.05, 0.1) is 12.7 Å². The molecule has 0 N–H and O–H groups in total. The summed E-state index contributed by atoms with van der Waals surface area (Å²) in [7, 11) is -4.13. The Morgan fingerprint density at radius 1 is 1.03 bits per heavy atom. The van der Waals surface area contributed by atoms with Crippen molar-refractivity contribution in [3.63, 3.8) is 0 Å². The van der Waals surface area contributed by atoms with Crippen LogP contribution in [0.15, 0.2) is 72.0 Å². The number of methoxy groups -OCH3 is 1. The second kappa shape index (κ2) is 9.82. The number of hydrogen-bond donors (Lipinski definition) is 0. The van der Waals surface area contributed by atoms with Crippen LogP contribution in [0, 0.1) is 17.5 Å². The van der Waals surface area contributed by atoms with E-state index in [9.17, 15) is 17.6 Å². The number of aromatic nitrogens is 3. The Morgan fingerprint density at radius 2 is 1.72 bits per heavy atom. The van der Waals surface area contributed by atoms with Crippen LogP contribution in [0.1, 0.15) is 6.92 Å². The molecule has 2 aromatic carbocycles. The Hall–Kier alpha value is -4.19. The summed E-state index contributed by atoms with van der Waals surface area (Å²) in [6.07, 6.45) is 3.03. The number of pyridine rings is 1. The van der Waals surface area contributed by atoms with Gasteiger partial charge in [0.25, 0.3) is 10.0 Å². The SMILES string of the molecule is CCn1cc(-c2ccncc2)c(-c2c(F)ccc(N(C(=O)OC)S(=O)(=O)c3ccccc3F)c2F)n1. The molecule has 4 aromatic rings. The summed E-state index contributed by atoms with van der Waals surface area (Å²) in [6, 6.07) is 9.04. The molecular formula is C24H19F3N4O4S. The molecule has 186 valence electrons. The summed E-state index contributed by atoms with van der Waals surface area (Å²) in [5, 5.41) is 4.27. The zero-order chi connectivity index (χ0) is 26.0. The van der Waals surface area contributed by atoms with Gasteiger partial charge in [-0.3, -0.25) is 9.67 Å². The van der Waals surface area contributed by atoms with E-state index in [0.29, 0.717) is 17.7 Å². The molecule has 0 aliphatic heterocycles. The second-order valence-corrected chi connectivity index (χ2v) is 9.16. The van der Waals surface area contributed by atoms with Crippen molar-refractivity contribution in [2.45, 2.75) is 18.4 Å². The van der Waals surface area contributed by atoms with Crippen LogP contribution in [0.3, 0.4) is 0 Å². The molecular weight excluding hydrogens is 497 g/mol. The van der Waals surface area contributed by atoms with Gasteiger partial charge in [-0.05, 0) is 48.9 Å². The van der Waals surface area contributed by atoms with Gasteiger partial charge in [0, 0.05) is 30.7 Å². The number of ether oxygens (including phenoxy) is 1. The third-order valence-corrected chi connectivity index (χ3v) is 7.01. The Balaban J connectivity index is 1.98. The van der Waals surface area contributed by atoms with Gasteiger partial charge in [-0.25, -0.2) is 26.4 Å². The molecule has 36 heavy (non-hydrogen) atoms. The van der Waals surface area contributed by atoms with E-state index in [1.54, 1.807) is 25.3 Å². The zero-order valence-electron chi connectivity index (χ0n) is 19.0. The number of sulfonamides is 1. The first-order valence-corrected chi connectivity index (χ1v) is 12.0. The molecule has 12 heteroatoms. The molecule has 1 amide bonds. The average Bonchev–Trinajstić information content (AvgIpc) is 3.30. The largest absolute Gasteiger partial charge is 0.452 e. The third-order valence-electron chi connectivity index (χ3n) is 5.30. The number of anilines is 1.